The summed E-state index contributed by atoms with van der Waals surface area (Å²) in [6.07, 6.45) is 8.42. The Morgan fingerprint density at radius 3 is 2.58 bits per heavy atom. The van der Waals surface area contributed by atoms with Crippen molar-refractivity contribution < 1.29 is 25.2 Å². The molecule has 2 unspecified atom stereocenters. The first-order valence-electron chi connectivity index (χ1n) is 15.0. The molecule has 2 aliphatic rings. The Labute approximate surface area is 249 Å². The van der Waals surface area contributed by atoms with Crippen molar-refractivity contribution in [1.29, 1.82) is 0 Å². The molecule has 0 bridgehead atoms. The van der Waals surface area contributed by atoms with Crippen LogP contribution < -0.4 is 5.73 Å². The second kappa shape index (κ2) is 11.7. The maximum Gasteiger partial charge on any atom is 0.167 e. The molecule has 4 heterocycles. The molecule has 43 heavy (non-hydrogen) atoms. The minimum absolute atomic E-state index is 0.0196. The van der Waals surface area contributed by atoms with E-state index in [0.29, 0.717) is 35.0 Å². The summed E-state index contributed by atoms with van der Waals surface area (Å²) in [7, 11) is 0. The van der Waals surface area contributed by atoms with Gasteiger partial charge in [0.15, 0.2) is 11.5 Å². The third kappa shape index (κ3) is 5.73. The van der Waals surface area contributed by atoms with Crippen LogP contribution in [0.5, 0.6) is 0 Å². The highest BCUT2D eigenvalue weighted by molar-refractivity contribution is 5.81. The number of H-pyrrole nitrogens is 1. The number of hydrogen-bond donors (Lipinski definition) is 6. The van der Waals surface area contributed by atoms with Gasteiger partial charge in [-0.2, -0.15) is 0 Å². The van der Waals surface area contributed by atoms with Crippen molar-refractivity contribution in [1.82, 2.24) is 34.4 Å². The molecule has 0 radical (unpaired) electrons. The largest absolute Gasteiger partial charge is 0.395 e. The van der Waals surface area contributed by atoms with Crippen molar-refractivity contribution in [3.63, 3.8) is 0 Å². The molecule has 3 aromatic heterocycles. The molecule has 6 rings (SSSR count). The van der Waals surface area contributed by atoms with Gasteiger partial charge in [0.2, 0.25) is 0 Å². The molecule has 13 nitrogen and oxygen atoms in total. The smallest absolute Gasteiger partial charge is 0.167 e. The van der Waals surface area contributed by atoms with Crippen LogP contribution in [0.4, 0.5) is 5.82 Å². The SMILES string of the molecule is CC(C)(O)N(CC1CCC(n2cnc3c(N)ncnc32)O1)C1CC(CCc2nc3ccc(C(CO)(CO)CO)cc3[nH]2)C1. The van der Waals surface area contributed by atoms with E-state index in [2.05, 4.69) is 24.8 Å². The Morgan fingerprint density at radius 2 is 1.86 bits per heavy atom. The average Bonchev–Trinajstić information content (AvgIpc) is 3.70. The van der Waals surface area contributed by atoms with Gasteiger partial charge in [-0.3, -0.25) is 9.47 Å². The van der Waals surface area contributed by atoms with E-state index < -0.39 is 11.1 Å². The average molecular weight is 595 g/mol. The molecule has 1 aromatic carbocycles. The van der Waals surface area contributed by atoms with Crippen LogP contribution in [0.3, 0.4) is 0 Å². The Kier molecular flexibility index (Phi) is 8.13. The summed E-state index contributed by atoms with van der Waals surface area (Å²) in [5.41, 5.74) is 7.44. The molecule has 2 atom stereocenters. The fourth-order valence-electron chi connectivity index (χ4n) is 6.61. The first kappa shape index (κ1) is 29.9. The number of anilines is 1. The lowest BCUT2D eigenvalue weighted by atomic mass is 9.76. The highest BCUT2D eigenvalue weighted by atomic mass is 16.5. The van der Waals surface area contributed by atoms with Crippen LogP contribution in [0.2, 0.25) is 0 Å². The van der Waals surface area contributed by atoms with Gasteiger partial charge < -0.3 is 35.9 Å². The quantitative estimate of drug-likeness (QED) is 0.131. The number of aliphatic hydroxyl groups is 4. The van der Waals surface area contributed by atoms with E-state index in [-0.39, 0.29) is 38.2 Å². The van der Waals surface area contributed by atoms with Crippen LogP contribution in [-0.4, -0.2) is 99.0 Å². The Balaban J connectivity index is 1.04. The number of nitrogens with zero attached hydrogens (tertiary/aromatic N) is 6. The van der Waals surface area contributed by atoms with E-state index in [1.54, 1.807) is 12.4 Å². The zero-order chi connectivity index (χ0) is 30.4. The number of nitrogens with one attached hydrogen (secondary N) is 1. The van der Waals surface area contributed by atoms with Crippen molar-refractivity contribution in [2.75, 3.05) is 32.1 Å². The van der Waals surface area contributed by atoms with E-state index in [1.807, 2.05) is 30.5 Å². The number of aromatic nitrogens is 6. The molecule has 2 fully saturated rings. The number of imidazole rings is 2. The zero-order valence-electron chi connectivity index (χ0n) is 24.7. The molecule has 0 spiro atoms. The number of hydrogen-bond acceptors (Lipinski definition) is 11. The molecular formula is C30H42N8O5. The topological polar surface area (TPSA) is 192 Å². The summed E-state index contributed by atoms with van der Waals surface area (Å²) in [5.74, 6) is 1.77. The van der Waals surface area contributed by atoms with E-state index in [1.165, 1.54) is 6.33 Å². The summed E-state index contributed by atoms with van der Waals surface area (Å²) >= 11 is 0. The molecule has 7 N–H and O–H groups in total. The van der Waals surface area contributed by atoms with Crippen LogP contribution in [0.1, 0.15) is 63.6 Å². The van der Waals surface area contributed by atoms with E-state index in [0.717, 1.165) is 55.4 Å². The van der Waals surface area contributed by atoms with Gasteiger partial charge in [-0.15, -0.1) is 0 Å². The van der Waals surface area contributed by atoms with E-state index >= 15 is 0 Å². The fraction of sp³-hybridized carbons (Fsp3) is 0.600. The lowest BCUT2D eigenvalue weighted by Crippen LogP contribution is -2.57. The molecule has 1 aliphatic heterocycles. The summed E-state index contributed by atoms with van der Waals surface area (Å²) in [6.45, 7) is 3.28. The Bertz CT molecular complexity index is 1550. The molecule has 13 heteroatoms. The van der Waals surface area contributed by atoms with Crippen molar-refractivity contribution >= 4 is 28.0 Å². The van der Waals surface area contributed by atoms with Crippen LogP contribution >= 0.6 is 0 Å². The first-order valence-corrected chi connectivity index (χ1v) is 15.0. The predicted octanol–water partition coefficient (Wildman–Crippen LogP) is 1.62. The van der Waals surface area contributed by atoms with Gasteiger partial charge in [0.1, 0.15) is 29.6 Å². The fourth-order valence-corrected chi connectivity index (χ4v) is 6.61. The molecule has 1 aliphatic carbocycles. The van der Waals surface area contributed by atoms with Gasteiger partial charge in [-0.25, -0.2) is 19.9 Å². The number of aryl methyl sites for hydroxylation is 1. The zero-order valence-corrected chi connectivity index (χ0v) is 24.7. The number of aliphatic hydroxyl groups excluding tert-OH is 3. The number of rotatable bonds is 12. The Hall–Kier alpha value is -3.20. The van der Waals surface area contributed by atoms with E-state index in [9.17, 15) is 20.4 Å². The number of aromatic amines is 1. The number of nitrogen functional groups attached to an aromatic ring is 1. The van der Waals surface area contributed by atoms with Gasteiger partial charge in [0.25, 0.3) is 0 Å². The van der Waals surface area contributed by atoms with Crippen LogP contribution in [0, 0.1) is 5.92 Å². The van der Waals surface area contributed by atoms with Gasteiger partial charge >= 0.3 is 0 Å². The highest BCUT2D eigenvalue weighted by Crippen LogP contribution is 2.39. The monoisotopic (exact) mass is 594 g/mol. The second-order valence-electron chi connectivity index (χ2n) is 12.7. The molecule has 232 valence electrons. The van der Waals surface area contributed by atoms with Crippen molar-refractivity contribution in [3.05, 3.63) is 42.2 Å². The summed E-state index contributed by atoms with van der Waals surface area (Å²) < 4.78 is 8.34. The molecule has 0 amide bonds. The lowest BCUT2D eigenvalue weighted by Gasteiger charge is -2.49. The standard InChI is InChI=1S/C30H42N8O5/c1-29(2,42)38(12-21-5-8-25(43-21)37-17-34-26-27(31)32-16-33-28(26)37)20-9-18(10-20)3-7-24-35-22-6-4-19(11-23(22)36-24)30(13-39,14-40)15-41/h4,6,11,16-18,20-21,25,39-42H,3,5,7-10,12-15H2,1-2H3,(H,35,36)(H2,31,32,33). The van der Waals surface area contributed by atoms with Crippen molar-refractivity contribution in [2.24, 2.45) is 5.92 Å². The molecule has 1 saturated carbocycles. The predicted molar refractivity (Wildman–Crippen MR) is 160 cm³/mol. The minimum atomic E-state index is -1.09. The minimum Gasteiger partial charge on any atom is -0.395 e. The summed E-state index contributed by atoms with van der Waals surface area (Å²) in [6, 6.07) is 5.78. The molecular weight excluding hydrogens is 552 g/mol. The number of fused-ring (bicyclic) bond motifs is 2. The highest BCUT2D eigenvalue weighted by Gasteiger charge is 2.41. The maximum absolute atomic E-state index is 11.1. The maximum atomic E-state index is 11.1. The van der Waals surface area contributed by atoms with Crippen LogP contribution in [0.15, 0.2) is 30.9 Å². The second-order valence-corrected chi connectivity index (χ2v) is 12.7. The van der Waals surface area contributed by atoms with Gasteiger partial charge in [0.05, 0.1) is 48.7 Å². The van der Waals surface area contributed by atoms with Crippen molar-refractivity contribution in [3.8, 4) is 0 Å². The molecule has 1 saturated heterocycles. The third-order valence-electron chi connectivity index (χ3n) is 9.38. The molecule has 4 aromatic rings. The van der Waals surface area contributed by atoms with Gasteiger partial charge in [-0.1, -0.05) is 6.07 Å². The lowest BCUT2D eigenvalue weighted by molar-refractivity contribution is -0.145. The van der Waals surface area contributed by atoms with Crippen LogP contribution in [0.25, 0.3) is 22.2 Å². The van der Waals surface area contributed by atoms with Gasteiger partial charge in [-0.05, 0) is 69.6 Å². The number of ether oxygens (including phenoxy) is 1. The van der Waals surface area contributed by atoms with Crippen molar-refractivity contribution in [2.45, 2.75) is 81.9 Å². The normalized spacial score (nSPS) is 23.0. The number of nitrogens with two attached hydrogens (primary N) is 1. The van der Waals surface area contributed by atoms with E-state index in [4.69, 9.17) is 15.5 Å². The van der Waals surface area contributed by atoms with Crippen LogP contribution in [-0.2, 0) is 16.6 Å². The van der Waals surface area contributed by atoms with Gasteiger partial charge in [0, 0.05) is 19.0 Å². The summed E-state index contributed by atoms with van der Waals surface area (Å²) in [4.78, 5) is 23.0. The summed E-state index contributed by atoms with van der Waals surface area (Å²) in [5, 5.41) is 40.4. The Morgan fingerprint density at radius 1 is 1.09 bits per heavy atom. The first-order chi connectivity index (χ1) is 20.6. The number of benzene rings is 1. The third-order valence-corrected chi connectivity index (χ3v) is 9.38.